The van der Waals surface area contributed by atoms with E-state index in [0.717, 1.165) is 12.1 Å². The average molecular weight is 320 g/mol. The summed E-state index contributed by atoms with van der Waals surface area (Å²) in [5.74, 6) is 4.59. The Morgan fingerprint density at radius 1 is 1.13 bits per heavy atom. The number of nitrogen functional groups attached to an aromatic ring is 1. The van der Waals surface area contributed by atoms with E-state index in [-0.39, 0.29) is 5.82 Å². The lowest BCUT2D eigenvalue weighted by atomic mass is 10.1. The van der Waals surface area contributed by atoms with Crippen molar-refractivity contribution in [1.82, 2.24) is 14.8 Å². The number of pyridine rings is 1. The monoisotopic (exact) mass is 320 g/mol. The summed E-state index contributed by atoms with van der Waals surface area (Å²) in [7, 11) is 0. The van der Waals surface area contributed by atoms with Crippen LogP contribution in [0.4, 0.5) is 13.2 Å². The Kier molecular flexibility index (Phi) is 3.53. The molecule has 0 aliphatic carbocycles. The molecule has 0 radical (unpaired) electrons. The maximum absolute atomic E-state index is 12.6. The molecular weight excluding hydrogens is 309 g/mol. The molecule has 0 saturated carbocycles. The van der Waals surface area contributed by atoms with Gasteiger partial charge in [0, 0.05) is 11.8 Å². The Balaban J connectivity index is 2.15. The fourth-order valence-corrected chi connectivity index (χ4v) is 2.29. The van der Waals surface area contributed by atoms with Gasteiger partial charge in [0.15, 0.2) is 0 Å². The zero-order valence-electron chi connectivity index (χ0n) is 11.6. The number of hydrazine groups is 1. The van der Waals surface area contributed by atoms with Crippen LogP contribution in [0.15, 0.2) is 48.7 Å². The molecule has 2 heterocycles. The Bertz CT molecular complexity index is 869. The van der Waals surface area contributed by atoms with Crippen molar-refractivity contribution in [3.8, 4) is 11.3 Å². The highest BCUT2D eigenvalue weighted by atomic mass is 19.4. The smallest absolute Gasteiger partial charge is 0.295 e. The summed E-state index contributed by atoms with van der Waals surface area (Å²) in [5, 5.41) is 0. The Morgan fingerprint density at radius 2 is 1.83 bits per heavy atom. The van der Waals surface area contributed by atoms with Crippen molar-refractivity contribution in [3.63, 3.8) is 0 Å². The second kappa shape index (κ2) is 5.40. The molecule has 118 valence electrons. The van der Waals surface area contributed by atoms with E-state index in [1.807, 2.05) is 5.43 Å². The number of imidazole rings is 1. The van der Waals surface area contributed by atoms with E-state index < -0.39 is 17.6 Å². The second-order valence-corrected chi connectivity index (χ2v) is 4.79. The zero-order chi connectivity index (χ0) is 16.6. The summed E-state index contributed by atoms with van der Waals surface area (Å²) in [6.45, 7) is 0. The summed E-state index contributed by atoms with van der Waals surface area (Å²) in [5.41, 5.74) is 2.71. The normalized spacial score (nSPS) is 11.7. The van der Waals surface area contributed by atoms with Gasteiger partial charge < -0.3 is 0 Å². The van der Waals surface area contributed by atoms with Crippen molar-refractivity contribution in [2.75, 3.05) is 0 Å². The number of alkyl halides is 3. The number of amides is 1. The van der Waals surface area contributed by atoms with Crippen molar-refractivity contribution in [3.05, 3.63) is 60.0 Å². The minimum absolute atomic E-state index is 0.0537. The van der Waals surface area contributed by atoms with Gasteiger partial charge in [-0.1, -0.05) is 18.2 Å². The fraction of sp³-hybridized carbons (Fsp3) is 0.0667. The van der Waals surface area contributed by atoms with E-state index >= 15 is 0 Å². The predicted molar refractivity (Wildman–Crippen MR) is 77.3 cm³/mol. The molecule has 2 aromatic heterocycles. The molecule has 0 bridgehead atoms. The fourth-order valence-electron chi connectivity index (χ4n) is 2.29. The number of hydrogen-bond acceptors (Lipinski definition) is 3. The van der Waals surface area contributed by atoms with Crippen LogP contribution >= 0.6 is 0 Å². The molecule has 3 rings (SSSR count). The van der Waals surface area contributed by atoms with Crippen LogP contribution in [0.2, 0.25) is 0 Å². The van der Waals surface area contributed by atoms with E-state index in [1.165, 1.54) is 16.5 Å². The molecule has 0 saturated heterocycles. The van der Waals surface area contributed by atoms with Crippen molar-refractivity contribution in [2.45, 2.75) is 6.18 Å². The summed E-state index contributed by atoms with van der Waals surface area (Å²) in [6.07, 6.45) is -2.78. The van der Waals surface area contributed by atoms with Gasteiger partial charge in [0.2, 0.25) is 5.82 Å². The lowest BCUT2D eigenvalue weighted by Gasteiger charge is -2.06. The average Bonchev–Trinajstić information content (AvgIpc) is 2.93. The summed E-state index contributed by atoms with van der Waals surface area (Å²) in [4.78, 5) is 16.0. The molecular formula is C15H11F3N4O. The number of nitrogens with zero attached hydrogens (tertiary/aromatic N) is 2. The van der Waals surface area contributed by atoms with Crippen LogP contribution in [0.5, 0.6) is 0 Å². The first-order valence-electron chi connectivity index (χ1n) is 6.57. The largest absolute Gasteiger partial charge is 0.416 e. The van der Waals surface area contributed by atoms with Gasteiger partial charge in [-0.05, 0) is 24.3 Å². The molecule has 0 aliphatic rings. The lowest BCUT2D eigenvalue weighted by molar-refractivity contribution is -0.137. The Hall–Kier alpha value is -2.87. The number of nitrogens with two attached hydrogens (primary N) is 1. The number of benzene rings is 1. The number of nitrogens with one attached hydrogen (secondary N) is 1. The van der Waals surface area contributed by atoms with Gasteiger partial charge in [0.05, 0.1) is 16.8 Å². The van der Waals surface area contributed by atoms with E-state index in [4.69, 9.17) is 5.84 Å². The summed E-state index contributed by atoms with van der Waals surface area (Å²) in [6, 6.07) is 9.77. The van der Waals surface area contributed by atoms with Crippen molar-refractivity contribution in [2.24, 2.45) is 5.84 Å². The molecule has 1 amide bonds. The number of aromatic nitrogens is 2. The number of carbonyl (C=O) groups is 1. The Labute approximate surface area is 128 Å². The van der Waals surface area contributed by atoms with Crippen molar-refractivity contribution >= 4 is 11.4 Å². The first-order valence-corrected chi connectivity index (χ1v) is 6.57. The maximum atomic E-state index is 12.6. The quantitative estimate of drug-likeness (QED) is 0.433. The van der Waals surface area contributed by atoms with E-state index in [2.05, 4.69) is 4.98 Å². The first-order chi connectivity index (χ1) is 10.9. The molecule has 8 heteroatoms. The third-order valence-corrected chi connectivity index (χ3v) is 3.37. The molecule has 1 aromatic carbocycles. The zero-order valence-corrected chi connectivity index (χ0v) is 11.6. The van der Waals surface area contributed by atoms with Gasteiger partial charge in [-0.25, -0.2) is 10.8 Å². The van der Waals surface area contributed by atoms with Crippen LogP contribution in [0.25, 0.3) is 16.8 Å². The molecule has 0 unspecified atom stereocenters. The first kappa shape index (κ1) is 15.0. The standard InChI is InChI=1S/C15H11F3N4O/c16-15(17,18)10-6-4-9(5-7-10)12-11-3-1-2-8-22(11)13(20-12)14(23)21-19/h1-8H,19H2,(H,21,23). The number of fused-ring (bicyclic) bond motifs is 1. The lowest BCUT2D eigenvalue weighted by Crippen LogP contribution is -2.31. The maximum Gasteiger partial charge on any atom is 0.416 e. The van der Waals surface area contributed by atoms with Crippen LogP contribution in [-0.2, 0) is 6.18 Å². The second-order valence-electron chi connectivity index (χ2n) is 4.79. The molecule has 0 aliphatic heterocycles. The highest BCUT2D eigenvalue weighted by Gasteiger charge is 2.30. The van der Waals surface area contributed by atoms with Gasteiger partial charge in [0.25, 0.3) is 0 Å². The van der Waals surface area contributed by atoms with Crippen LogP contribution in [0, 0.1) is 0 Å². The van der Waals surface area contributed by atoms with Crippen molar-refractivity contribution in [1.29, 1.82) is 0 Å². The third kappa shape index (κ3) is 2.64. The van der Waals surface area contributed by atoms with Crippen LogP contribution in [0.1, 0.15) is 16.2 Å². The molecule has 23 heavy (non-hydrogen) atoms. The van der Waals surface area contributed by atoms with Gasteiger partial charge in [-0.15, -0.1) is 0 Å². The molecule has 0 spiro atoms. The molecule has 3 N–H and O–H groups in total. The minimum Gasteiger partial charge on any atom is -0.295 e. The van der Waals surface area contributed by atoms with Crippen molar-refractivity contribution < 1.29 is 18.0 Å². The Morgan fingerprint density at radius 3 is 2.43 bits per heavy atom. The number of hydrogen-bond donors (Lipinski definition) is 2. The van der Waals surface area contributed by atoms with Gasteiger partial charge in [-0.2, -0.15) is 13.2 Å². The van der Waals surface area contributed by atoms with Gasteiger partial charge in [-0.3, -0.25) is 14.6 Å². The molecule has 3 aromatic rings. The minimum atomic E-state index is -4.40. The SMILES string of the molecule is NNC(=O)c1nc(-c2ccc(C(F)(F)F)cc2)c2ccccn12. The highest BCUT2D eigenvalue weighted by molar-refractivity contribution is 5.94. The van der Waals surface area contributed by atoms with E-state index in [9.17, 15) is 18.0 Å². The summed E-state index contributed by atoms with van der Waals surface area (Å²) < 4.78 is 39.5. The van der Waals surface area contributed by atoms with Crippen LogP contribution < -0.4 is 11.3 Å². The molecule has 5 nitrogen and oxygen atoms in total. The highest BCUT2D eigenvalue weighted by Crippen LogP contribution is 2.32. The number of carbonyl (C=O) groups excluding carboxylic acids is 1. The number of halogens is 3. The summed E-state index contributed by atoms with van der Waals surface area (Å²) >= 11 is 0. The third-order valence-electron chi connectivity index (χ3n) is 3.37. The number of rotatable bonds is 2. The van der Waals surface area contributed by atoms with Crippen LogP contribution in [0.3, 0.4) is 0 Å². The van der Waals surface area contributed by atoms with E-state index in [1.54, 1.807) is 24.4 Å². The van der Waals surface area contributed by atoms with Gasteiger partial charge in [0.1, 0.15) is 0 Å². The topological polar surface area (TPSA) is 72.4 Å². The molecule has 0 atom stereocenters. The van der Waals surface area contributed by atoms with E-state index in [0.29, 0.717) is 16.8 Å². The van der Waals surface area contributed by atoms with Crippen LogP contribution in [-0.4, -0.2) is 15.3 Å². The van der Waals surface area contributed by atoms with Gasteiger partial charge >= 0.3 is 12.1 Å². The predicted octanol–water partition coefficient (Wildman–Crippen LogP) is 2.62. The molecule has 0 fully saturated rings.